The molecule has 0 amide bonds. The van der Waals surface area contributed by atoms with Crippen LogP contribution < -0.4 is 15.0 Å². The first-order valence-electron chi connectivity index (χ1n) is 16.8. The molecular weight excluding hydrogens is 653 g/mol. The third kappa shape index (κ3) is 4.51. The van der Waals surface area contributed by atoms with E-state index in [9.17, 15) is 8.78 Å². The fourth-order valence-electron chi connectivity index (χ4n) is 9.27. The molecule has 4 saturated heterocycles. The van der Waals surface area contributed by atoms with Crippen LogP contribution in [0, 0.1) is 18.6 Å². The second kappa shape index (κ2) is 10.6. The molecule has 5 aliphatic heterocycles. The van der Waals surface area contributed by atoms with Gasteiger partial charge in [-0.1, -0.05) is 24.3 Å². The summed E-state index contributed by atoms with van der Waals surface area (Å²) >= 11 is 0. The van der Waals surface area contributed by atoms with Gasteiger partial charge in [-0.2, -0.15) is 23.1 Å². The lowest BCUT2D eigenvalue weighted by Crippen LogP contribution is -2.60. The first-order chi connectivity index (χ1) is 23.4. The molecule has 6 atom stereocenters. The minimum atomic E-state index is -5.43. The van der Waals surface area contributed by atoms with Gasteiger partial charge >= 0.3 is 12.2 Å². The smallest absolute Gasteiger partial charge is 0.428 e. The van der Waals surface area contributed by atoms with Crippen molar-refractivity contribution in [1.82, 2.24) is 25.2 Å². The van der Waals surface area contributed by atoms with E-state index in [2.05, 4.69) is 20.3 Å². The number of alkyl halides is 5. The summed E-state index contributed by atoms with van der Waals surface area (Å²) in [6.45, 7) is 2.66. The number of rotatable bonds is 4. The highest BCUT2D eigenvalue weighted by molar-refractivity contribution is 6.02. The molecule has 7 heterocycles. The molecule has 0 radical (unpaired) electrons. The summed E-state index contributed by atoms with van der Waals surface area (Å²) in [5.41, 5.74) is -6.65. The molecule has 4 fully saturated rings. The summed E-state index contributed by atoms with van der Waals surface area (Å²) in [6, 6.07) is 5.53. The Balaban J connectivity index is 1.31. The molecule has 2 bridgehead atoms. The van der Waals surface area contributed by atoms with E-state index < -0.39 is 76.0 Å². The number of benzene rings is 2. The maximum atomic E-state index is 17.3. The summed E-state index contributed by atoms with van der Waals surface area (Å²) in [5.74, 6) is -1.78. The molecule has 0 spiro atoms. The molecule has 7 nitrogen and oxygen atoms in total. The number of anilines is 1. The number of fused-ring (bicyclic) bond motifs is 7. The highest BCUT2D eigenvalue weighted by atomic mass is 19.4. The molecule has 0 saturated carbocycles. The fraction of sp³-hybridized carbons (Fsp3) is 0.514. The summed E-state index contributed by atoms with van der Waals surface area (Å²) in [6.07, 6.45) is -4.49. The Morgan fingerprint density at radius 1 is 1.02 bits per heavy atom. The van der Waals surface area contributed by atoms with Gasteiger partial charge in [-0.25, -0.2) is 22.5 Å². The van der Waals surface area contributed by atoms with Crippen molar-refractivity contribution in [3.63, 3.8) is 0 Å². The Morgan fingerprint density at radius 3 is 2.67 bits per heavy atom. The Morgan fingerprint density at radius 2 is 1.86 bits per heavy atom. The lowest BCUT2D eigenvalue weighted by molar-refractivity contribution is -0.240. The zero-order chi connectivity index (χ0) is 34.0. The van der Waals surface area contributed by atoms with Gasteiger partial charge in [-0.05, 0) is 61.6 Å². The third-order valence-electron chi connectivity index (χ3n) is 11.6. The number of hydrogen-bond acceptors (Lipinski definition) is 7. The van der Waals surface area contributed by atoms with Crippen LogP contribution in [0.3, 0.4) is 0 Å². The normalized spacial score (nSPS) is 31.0. The summed E-state index contributed by atoms with van der Waals surface area (Å²) in [5, 5.41) is 3.60. The first kappa shape index (κ1) is 31.2. The standard InChI is InChI=1S/C35H33F7N6O/c1-17-22(37)8-6-18-4-2-5-21(25(17)18)28-27(38)29-26-30(44-28)34(39,35(40,41)42)13-24-23-9-7-20(43-23)15-48(24)31(26)46-32(45-29)49-16-33-10-3-11-47(33)14-19(36)12-33/h2,4-6,8,19-20,23-24,43H,3,7,9-16H2,1H3/t19-,20-,23+,24-,33+,34?/m1/s1. The highest BCUT2D eigenvalue weighted by Gasteiger charge is 2.64. The summed E-state index contributed by atoms with van der Waals surface area (Å²) < 4.78 is 115. The number of hydrogen-bond donors (Lipinski definition) is 1. The van der Waals surface area contributed by atoms with Gasteiger partial charge in [0.15, 0.2) is 5.82 Å². The second-order valence-electron chi connectivity index (χ2n) is 14.4. The van der Waals surface area contributed by atoms with E-state index in [0.29, 0.717) is 31.2 Å². The van der Waals surface area contributed by atoms with Gasteiger partial charge < -0.3 is 15.0 Å². The monoisotopic (exact) mass is 686 g/mol. The summed E-state index contributed by atoms with van der Waals surface area (Å²) in [4.78, 5) is 16.8. The molecule has 258 valence electrons. The molecule has 0 aliphatic carbocycles. The molecule has 9 rings (SSSR count). The first-order valence-corrected chi connectivity index (χ1v) is 16.8. The molecule has 4 aromatic rings. The van der Waals surface area contributed by atoms with Crippen LogP contribution in [-0.4, -0.2) is 82.1 Å². The highest BCUT2D eigenvalue weighted by Crippen LogP contribution is 2.54. The maximum Gasteiger partial charge on any atom is 0.428 e. The van der Waals surface area contributed by atoms with Crippen molar-refractivity contribution in [1.29, 1.82) is 0 Å². The predicted molar refractivity (Wildman–Crippen MR) is 168 cm³/mol. The van der Waals surface area contributed by atoms with E-state index in [1.165, 1.54) is 25.1 Å². The van der Waals surface area contributed by atoms with Crippen molar-refractivity contribution in [2.45, 2.75) is 87.1 Å². The molecule has 1 unspecified atom stereocenters. The van der Waals surface area contributed by atoms with Crippen LogP contribution in [0.4, 0.5) is 36.6 Å². The van der Waals surface area contributed by atoms with Gasteiger partial charge in [0.25, 0.3) is 0 Å². The van der Waals surface area contributed by atoms with Gasteiger partial charge in [-0.15, -0.1) is 0 Å². The van der Waals surface area contributed by atoms with E-state index in [1.54, 1.807) is 17.0 Å². The minimum Gasteiger partial charge on any atom is -0.461 e. The van der Waals surface area contributed by atoms with Crippen molar-refractivity contribution < 1.29 is 35.5 Å². The average Bonchev–Trinajstić information content (AvgIpc) is 3.72. The SMILES string of the molecule is Cc1c(F)ccc2cccc(-c3nc4c5c(nc(OC[C@@]67CCCN6C[C@H](F)C7)nc5c3F)N3C[C@H]5CC[C@H](N5)[C@H]3CC4(F)C(F)(F)F)c12. The number of piperazine rings is 1. The Labute approximate surface area is 276 Å². The second-order valence-corrected chi connectivity index (χ2v) is 14.4. The van der Waals surface area contributed by atoms with Crippen LogP contribution in [0.15, 0.2) is 30.3 Å². The predicted octanol–water partition coefficient (Wildman–Crippen LogP) is 6.83. The molecule has 2 aromatic heterocycles. The van der Waals surface area contributed by atoms with E-state index in [1.807, 2.05) is 4.90 Å². The lowest BCUT2D eigenvalue weighted by atomic mass is 9.87. The van der Waals surface area contributed by atoms with Crippen molar-refractivity contribution in [3.8, 4) is 17.3 Å². The van der Waals surface area contributed by atoms with Gasteiger partial charge in [0.05, 0.1) is 10.9 Å². The average molecular weight is 687 g/mol. The van der Waals surface area contributed by atoms with E-state index in [4.69, 9.17) is 4.74 Å². The zero-order valence-corrected chi connectivity index (χ0v) is 26.6. The van der Waals surface area contributed by atoms with Gasteiger partial charge in [0.1, 0.15) is 41.3 Å². The van der Waals surface area contributed by atoms with Crippen LogP contribution in [-0.2, 0) is 5.67 Å². The van der Waals surface area contributed by atoms with Crippen LogP contribution in [0.1, 0.15) is 49.8 Å². The molecule has 5 aliphatic rings. The van der Waals surface area contributed by atoms with Crippen LogP contribution in [0.5, 0.6) is 6.01 Å². The van der Waals surface area contributed by atoms with Gasteiger partial charge in [0, 0.05) is 49.6 Å². The van der Waals surface area contributed by atoms with Crippen molar-refractivity contribution in [3.05, 3.63) is 53.2 Å². The number of pyridine rings is 1. The van der Waals surface area contributed by atoms with Crippen LogP contribution in [0.2, 0.25) is 0 Å². The Bertz CT molecular complexity index is 2030. The molecule has 2 aromatic carbocycles. The molecule has 1 N–H and O–H groups in total. The third-order valence-corrected chi connectivity index (χ3v) is 11.6. The van der Waals surface area contributed by atoms with Crippen molar-refractivity contribution >= 4 is 27.5 Å². The number of aryl methyl sites for hydroxylation is 1. The Hall–Kier alpha value is -3.78. The molecule has 14 heteroatoms. The summed E-state index contributed by atoms with van der Waals surface area (Å²) in [7, 11) is 0. The van der Waals surface area contributed by atoms with Crippen molar-refractivity contribution in [2.75, 3.05) is 31.1 Å². The number of halogens is 7. The van der Waals surface area contributed by atoms with E-state index in [0.717, 1.165) is 6.42 Å². The van der Waals surface area contributed by atoms with E-state index >= 15 is 22.0 Å². The number of ether oxygens (including phenoxy) is 1. The van der Waals surface area contributed by atoms with Crippen LogP contribution >= 0.6 is 0 Å². The van der Waals surface area contributed by atoms with Crippen molar-refractivity contribution in [2.24, 2.45) is 0 Å². The zero-order valence-electron chi connectivity index (χ0n) is 26.6. The van der Waals surface area contributed by atoms with E-state index in [-0.39, 0.29) is 60.5 Å². The number of nitrogens with one attached hydrogen (secondary N) is 1. The quantitative estimate of drug-likeness (QED) is 0.236. The topological polar surface area (TPSA) is 66.4 Å². The maximum absolute atomic E-state index is 17.3. The molecular formula is C35H33F7N6O. The van der Waals surface area contributed by atoms with Crippen LogP contribution in [0.25, 0.3) is 32.9 Å². The van der Waals surface area contributed by atoms with Gasteiger partial charge in [-0.3, -0.25) is 4.90 Å². The fourth-order valence-corrected chi connectivity index (χ4v) is 9.27. The lowest BCUT2D eigenvalue weighted by Gasteiger charge is -2.42. The Kier molecular flexibility index (Phi) is 6.76. The number of aromatic nitrogens is 3. The minimum absolute atomic E-state index is 0.000396. The number of nitrogens with zero attached hydrogens (tertiary/aromatic N) is 5. The largest absolute Gasteiger partial charge is 0.461 e. The van der Waals surface area contributed by atoms with Gasteiger partial charge in [0.2, 0.25) is 5.67 Å². The molecule has 49 heavy (non-hydrogen) atoms.